The number of aryl methyl sites for hydroxylation is 1. The molecule has 2 heterocycles. The first kappa shape index (κ1) is 23.2. The smallest absolute Gasteiger partial charge is 0.312 e. The molecule has 4 rings (SSSR count). The van der Waals surface area contributed by atoms with Gasteiger partial charge in [-0.3, -0.25) is 9.59 Å². The van der Waals surface area contributed by atoms with Crippen molar-refractivity contribution in [1.82, 2.24) is 9.13 Å². The number of fused-ring (bicyclic) bond motifs is 2. The third-order valence-electron chi connectivity index (χ3n) is 6.44. The van der Waals surface area contributed by atoms with Crippen LogP contribution in [0.4, 0.5) is 0 Å². The van der Waals surface area contributed by atoms with Crippen LogP contribution in [0.3, 0.4) is 0 Å². The van der Waals surface area contributed by atoms with Crippen molar-refractivity contribution in [2.24, 2.45) is 7.05 Å². The Kier molecular flexibility index (Phi) is 6.24. The Morgan fingerprint density at radius 1 is 0.971 bits per heavy atom. The maximum absolute atomic E-state index is 12.6. The molecule has 0 radical (unpaired) electrons. The molecule has 0 aliphatic carbocycles. The van der Waals surface area contributed by atoms with E-state index in [4.69, 9.17) is 9.47 Å². The highest BCUT2D eigenvalue weighted by atomic mass is 16.5. The second-order valence-corrected chi connectivity index (χ2v) is 8.31. The Balaban J connectivity index is 1.90. The molecule has 1 unspecified atom stereocenters. The highest BCUT2D eigenvalue weighted by molar-refractivity contribution is 5.93. The fourth-order valence-electron chi connectivity index (χ4n) is 4.87. The summed E-state index contributed by atoms with van der Waals surface area (Å²) < 4.78 is 14.6. The van der Waals surface area contributed by atoms with Crippen LogP contribution in [0.1, 0.15) is 29.7 Å². The van der Waals surface area contributed by atoms with Gasteiger partial charge in [-0.15, -0.1) is 0 Å². The highest BCUT2D eigenvalue weighted by Crippen LogP contribution is 2.37. The number of carboxylic acids is 2. The zero-order valence-electron chi connectivity index (χ0n) is 19.7. The summed E-state index contributed by atoms with van der Waals surface area (Å²) in [5.74, 6) is -1.47. The Bertz CT molecular complexity index is 1400. The number of carboxylic acid groups (broad SMARTS) is 2. The summed E-state index contributed by atoms with van der Waals surface area (Å²) in [5.41, 5.74) is 4.01. The summed E-state index contributed by atoms with van der Waals surface area (Å²) in [5, 5.41) is 21.3. The molecular weight excluding hydrogens is 436 g/mol. The normalized spacial score (nSPS) is 12.2. The van der Waals surface area contributed by atoms with Crippen LogP contribution in [0.5, 0.6) is 11.5 Å². The lowest BCUT2D eigenvalue weighted by Crippen LogP contribution is -2.19. The summed E-state index contributed by atoms with van der Waals surface area (Å²) in [6, 6.07) is 11.1. The molecule has 0 saturated heterocycles. The highest BCUT2D eigenvalue weighted by Gasteiger charge is 2.29. The van der Waals surface area contributed by atoms with E-state index >= 15 is 0 Å². The van der Waals surface area contributed by atoms with Crippen LogP contribution in [-0.4, -0.2) is 45.5 Å². The summed E-state index contributed by atoms with van der Waals surface area (Å²) in [6.07, 6.45) is 2.24. The van der Waals surface area contributed by atoms with Crippen molar-refractivity contribution < 1.29 is 29.3 Å². The fraction of sp³-hybridized carbons (Fsp3) is 0.308. The van der Waals surface area contributed by atoms with E-state index in [2.05, 4.69) is 0 Å². The van der Waals surface area contributed by atoms with Gasteiger partial charge in [-0.05, 0) is 53.9 Å². The lowest BCUT2D eigenvalue weighted by molar-refractivity contribution is -0.139. The molecule has 0 fully saturated rings. The van der Waals surface area contributed by atoms with Gasteiger partial charge in [0.25, 0.3) is 0 Å². The van der Waals surface area contributed by atoms with Crippen LogP contribution in [0.2, 0.25) is 0 Å². The van der Waals surface area contributed by atoms with Gasteiger partial charge >= 0.3 is 11.9 Å². The molecule has 178 valence electrons. The van der Waals surface area contributed by atoms with E-state index < -0.39 is 17.9 Å². The van der Waals surface area contributed by atoms with Crippen molar-refractivity contribution in [1.29, 1.82) is 0 Å². The number of hydrogen-bond acceptors (Lipinski definition) is 4. The van der Waals surface area contributed by atoms with Gasteiger partial charge in [0.1, 0.15) is 17.4 Å². The van der Waals surface area contributed by atoms with Gasteiger partial charge in [-0.1, -0.05) is 6.92 Å². The Morgan fingerprint density at radius 2 is 1.59 bits per heavy atom. The van der Waals surface area contributed by atoms with Gasteiger partial charge < -0.3 is 28.8 Å². The molecule has 34 heavy (non-hydrogen) atoms. The van der Waals surface area contributed by atoms with Gasteiger partial charge in [-0.2, -0.15) is 0 Å². The number of aromatic nitrogens is 2. The minimum absolute atomic E-state index is 0.154. The second kappa shape index (κ2) is 9.13. The number of hydrogen-bond donors (Lipinski definition) is 2. The molecule has 0 spiro atoms. The van der Waals surface area contributed by atoms with Crippen LogP contribution < -0.4 is 9.47 Å². The number of aliphatic carboxylic acids is 2. The molecule has 0 bridgehead atoms. The molecule has 8 nitrogen and oxygen atoms in total. The number of methoxy groups -OCH3 is 2. The van der Waals surface area contributed by atoms with Crippen molar-refractivity contribution in [2.45, 2.75) is 32.2 Å². The van der Waals surface area contributed by atoms with Gasteiger partial charge in [-0.25, -0.2) is 0 Å². The van der Waals surface area contributed by atoms with Gasteiger partial charge in [0, 0.05) is 47.3 Å². The zero-order chi connectivity index (χ0) is 24.6. The average Bonchev–Trinajstić information content (AvgIpc) is 3.29. The lowest BCUT2D eigenvalue weighted by Gasteiger charge is -2.17. The summed E-state index contributed by atoms with van der Waals surface area (Å²) >= 11 is 0. The Morgan fingerprint density at radius 3 is 2.15 bits per heavy atom. The number of rotatable bonds is 9. The summed E-state index contributed by atoms with van der Waals surface area (Å²) in [4.78, 5) is 24.1. The predicted octanol–water partition coefficient (Wildman–Crippen LogP) is 4.21. The van der Waals surface area contributed by atoms with E-state index in [0.29, 0.717) is 23.5 Å². The average molecular weight is 465 g/mol. The van der Waals surface area contributed by atoms with Gasteiger partial charge in [0.2, 0.25) is 0 Å². The lowest BCUT2D eigenvalue weighted by atomic mass is 9.94. The quantitative estimate of drug-likeness (QED) is 0.385. The van der Waals surface area contributed by atoms with Crippen molar-refractivity contribution in [2.75, 3.05) is 14.2 Å². The molecule has 0 saturated carbocycles. The maximum atomic E-state index is 12.6. The number of nitrogens with zero attached hydrogens (tertiary/aromatic N) is 2. The van der Waals surface area contributed by atoms with Crippen LogP contribution in [0.25, 0.3) is 21.8 Å². The zero-order valence-corrected chi connectivity index (χ0v) is 19.7. The van der Waals surface area contributed by atoms with E-state index in [0.717, 1.165) is 33.1 Å². The third-order valence-corrected chi connectivity index (χ3v) is 6.44. The summed E-state index contributed by atoms with van der Waals surface area (Å²) in [6.45, 7) is 2.16. The van der Waals surface area contributed by atoms with Crippen molar-refractivity contribution >= 4 is 33.7 Å². The van der Waals surface area contributed by atoms with Gasteiger partial charge in [0.05, 0.1) is 20.6 Å². The maximum Gasteiger partial charge on any atom is 0.312 e. The van der Waals surface area contributed by atoms with Crippen LogP contribution in [-0.2, 0) is 36.0 Å². The first-order valence-corrected chi connectivity index (χ1v) is 11.0. The molecular formula is C26H28N2O6. The van der Waals surface area contributed by atoms with E-state index in [1.54, 1.807) is 32.5 Å². The number of carbonyl (C=O) groups is 2. The SMILES string of the molecule is CCc1c(C(Cn2cc(CC(=O)O)c3cc(OC)ccc32)C(=O)O)c2cc(OC)ccc2n1C. The van der Waals surface area contributed by atoms with Crippen molar-refractivity contribution in [3.8, 4) is 11.5 Å². The molecule has 4 aromatic rings. The molecule has 2 aromatic carbocycles. The van der Waals surface area contributed by atoms with Crippen LogP contribution in [0.15, 0.2) is 42.6 Å². The number of benzene rings is 2. The minimum atomic E-state index is -0.953. The molecule has 2 N–H and O–H groups in total. The monoisotopic (exact) mass is 464 g/mol. The van der Waals surface area contributed by atoms with E-state index in [-0.39, 0.29) is 13.0 Å². The largest absolute Gasteiger partial charge is 0.497 e. The molecule has 1 atom stereocenters. The second-order valence-electron chi connectivity index (χ2n) is 8.31. The summed E-state index contributed by atoms with van der Waals surface area (Å²) in [7, 11) is 5.08. The van der Waals surface area contributed by atoms with Crippen LogP contribution in [0, 0.1) is 0 Å². The molecule has 2 aromatic heterocycles. The molecule has 0 amide bonds. The van der Waals surface area contributed by atoms with E-state index in [1.807, 2.05) is 47.4 Å². The fourth-order valence-corrected chi connectivity index (χ4v) is 4.87. The van der Waals surface area contributed by atoms with E-state index in [9.17, 15) is 19.8 Å². The molecule has 0 aliphatic rings. The molecule has 8 heteroatoms. The Hall–Kier alpha value is -3.94. The number of ether oxygens (including phenoxy) is 2. The van der Waals surface area contributed by atoms with Crippen molar-refractivity contribution in [3.05, 3.63) is 59.4 Å². The molecule has 0 aliphatic heterocycles. The minimum Gasteiger partial charge on any atom is -0.497 e. The third kappa shape index (κ3) is 3.96. The first-order chi connectivity index (χ1) is 16.3. The van der Waals surface area contributed by atoms with E-state index in [1.165, 1.54) is 0 Å². The topological polar surface area (TPSA) is 103 Å². The van der Waals surface area contributed by atoms with Gasteiger partial charge in [0.15, 0.2) is 0 Å². The van der Waals surface area contributed by atoms with Crippen LogP contribution >= 0.6 is 0 Å². The standard InChI is InChI=1S/C26H28N2O6/c1-5-21-25(19-12-17(34-4)6-8-22(19)27(21)2)20(26(31)32)14-28-13-15(10-24(29)30)18-11-16(33-3)7-9-23(18)28/h6-9,11-13,20H,5,10,14H2,1-4H3,(H,29,30)(H,31,32). The predicted molar refractivity (Wildman–Crippen MR) is 129 cm³/mol. The Labute approximate surface area is 196 Å². The first-order valence-electron chi connectivity index (χ1n) is 11.0. The van der Waals surface area contributed by atoms with Crippen molar-refractivity contribution in [3.63, 3.8) is 0 Å².